The van der Waals surface area contributed by atoms with Gasteiger partial charge in [-0.1, -0.05) is 6.08 Å². The molecule has 0 aromatic heterocycles. The van der Waals surface area contributed by atoms with Crippen molar-refractivity contribution < 1.29 is 13.2 Å². The van der Waals surface area contributed by atoms with Crippen LogP contribution in [-0.2, 0) is 10.0 Å². The number of sulfonamides is 1. The van der Waals surface area contributed by atoms with Crippen molar-refractivity contribution in [2.45, 2.75) is 23.8 Å². The van der Waals surface area contributed by atoms with Crippen LogP contribution in [0.2, 0.25) is 0 Å². The number of halogens is 1. The first-order valence-electron chi connectivity index (χ1n) is 8.18. The molecule has 1 heterocycles. The van der Waals surface area contributed by atoms with Crippen molar-refractivity contribution >= 4 is 28.3 Å². The van der Waals surface area contributed by atoms with Crippen LogP contribution in [0.3, 0.4) is 0 Å². The molecule has 2 fully saturated rings. The number of benzene rings is 1. The number of nitrogens with two attached hydrogens (primary N) is 1. The molecule has 0 radical (unpaired) electrons. The highest BCUT2D eigenvalue weighted by molar-refractivity contribution is 7.89. The minimum Gasteiger partial charge on any atom is -0.338 e. The van der Waals surface area contributed by atoms with E-state index in [-0.39, 0.29) is 35.8 Å². The Bertz CT molecular complexity index is 736. The van der Waals surface area contributed by atoms with E-state index in [1.165, 1.54) is 18.2 Å². The van der Waals surface area contributed by atoms with Crippen molar-refractivity contribution in [2.75, 3.05) is 19.6 Å². The molecule has 3 rings (SSSR count). The number of nitrogens with zero attached hydrogens (tertiary/aromatic N) is 1. The Hall–Kier alpha value is -1.41. The number of fused-ring (bicyclic) bond motifs is 1. The third kappa shape index (κ3) is 4.06. The van der Waals surface area contributed by atoms with Crippen molar-refractivity contribution in [3.8, 4) is 0 Å². The second-order valence-electron chi connectivity index (χ2n) is 6.54. The third-order valence-corrected chi connectivity index (χ3v) is 6.47. The van der Waals surface area contributed by atoms with Gasteiger partial charge in [0.25, 0.3) is 5.91 Å². The fourth-order valence-electron chi connectivity index (χ4n) is 3.68. The standard InChI is InChI=1S/C17H23N3O3S.ClH/c1-2-9-19-24(22,23)14-6-3-12(4-7-14)17(21)20-10-13-5-8-16(18)15(13)11-20;/h2-4,6-7,13,15-16,19H,1,5,8-11,18H2;1H. The number of carbonyl (C=O) groups excluding carboxylic acids is 1. The molecule has 1 saturated carbocycles. The van der Waals surface area contributed by atoms with Gasteiger partial charge in [0.2, 0.25) is 10.0 Å². The number of rotatable bonds is 5. The second kappa shape index (κ2) is 7.86. The predicted octanol–water partition coefficient (Wildman–Crippen LogP) is 1.38. The van der Waals surface area contributed by atoms with Gasteiger partial charge in [-0.05, 0) is 48.9 Å². The van der Waals surface area contributed by atoms with E-state index in [1.807, 2.05) is 4.90 Å². The topological polar surface area (TPSA) is 92.5 Å². The first-order valence-corrected chi connectivity index (χ1v) is 9.66. The van der Waals surface area contributed by atoms with Gasteiger partial charge in [-0.15, -0.1) is 19.0 Å². The maximum Gasteiger partial charge on any atom is 0.253 e. The maximum absolute atomic E-state index is 12.6. The van der Waals surface area contributed by atoms with Crippen LogP contribution in [0.1, 0.15) is 23.2 Å². The SMILES string of the molecule is C=CCNS(=O)(=O)c1ccc(C(=O)N2CC3CCC(N)C3C2)cc1.Cl. The van der Waals surface area contributed by atoms with Crippen LogP contribution in [0.4, 0.5) is 0 Å². The van der Waals surface area contributed by atoms with Gasteiger partial charge in [0.05, 0.1) is 4.90 Å². The largest absolute Gasteiger partial charge is 0.338 e. The Balaban J connectivity index is 0.00000225. The zero-order valence-electron chi connectivity index (χ0n) is 13.9. The Morgan fingerprint density at radius 3 is 2.56 bits per heavy atom. The van der Waals surface area contributed by atoms with E-state index in [1.54, 1.807) is 12.1 Å². The summed E-state index contributed by atoms with van der Waals surface area (Å²) < 4.78 is 26.5. The summed E-state index contributed by atoms with van der Waals surface area (Å²) in [6.07, 6.45) is 3.60. The van der Waals surface area contributed by atoms with Gasteiger partial charge in [0.15, 0.2) is 0 Å². The van der Waals surface area contributed by atoms with Gasteiger partial charge in [0.1, 0.15) is 0 Å². The average Bonchev–Trinajstić information content (AvgIpc) is 3.15. The summed E-state index contributed by atoms with van der Waals surface area (Å²) in [7, 11) is -3.57. The molecule has 25 heavy (non-hydrogen) atoms. The highest BCUT2D eigenvalue weighted by Gasteiger charge is 2.42. The number of amides is 1. The van der Waals surface area contributed by atoms with Crippen LogP contribution in [0, 0.1) is 11.8 Å². The van der Waals surface area contributed by atoms with E-state index < -0.39 is 10.0 Å². The van der Waals surface area contributed by atoms with Crippen molar-refractivity contribution in [2.24, 2.45) is 17.6 Å². The molecule has 2 aliphatic rings. The molecule has 0 bridgehead atoms. The summed E-state index contributed by atoms with van der Waals surface area (Å²) in [5.41, 5.74) is 6.62. The molecule has 1 amide bonds. The average molecular weight is 386 g/mol. The lowest BCUT2D eigenvalue weighted by atomic mass is 9.98. The first kappa shape index (κ1) is 19.9. The minimum absolute atomic E-state index is 0. The lowest BCUT2D eigenvalue weighted by molar-refractivity contribution is 0.0779. The van der Waals surface area contributed by atoms with Gasteiger partial charge in [-0.3, -0.25) is 4.79 Å². The smallest absolute Gasteiger partial charge is 0.253 e. The van der Waals surface area contributed by atoms with Crippen LogP contribution in [-0.4, -0.2) is 44.9 Å². The zero-order chi connectivity index (χ0) is 17.3. The molecule has 1 aliphatic carbocycles. The molecule has 3 atom stereocenters. The molecule has 1 aromatic carbocycles. The predicted molar refractivity (Wildman–Crippen MR) is 99.2 cm³/mol. The summed E-state index contributed by atoms with van der Waals surface area (Å²) >= 11 is 0. The van der Waals surface area contributed by atoms with E-state index in [4.69, 9.17) is 5.73 Å². The molecule has 8 heteroatoms. The Morgan fingerprint density at radius 2 is 1.96 bits per heavy atom. The van der Waals surface area contributed by atoms with E-state index in [0.29, 0.717) is 23.9 Å². The molecule has 3 unspecified atom stereocenters. The lowest BCUT2D eigenvalue weighted by Crippen LogP contribution is -2.33. The van der Waals surface area contributed by atoms with Gasteiger partial charge in [-0.2, -0.15) is 0 Å². The first-order chi connectivity index (χ1) is 11.4. The van der Waals surface area contributed by atoms with Gasteiger partial charge in [0, 0.05) is 31.2 Å². The highest BCUT2D eigenvalue weighted by Crippen LogP contribution is 2.37. The van der Waals surface area contributed by atoms with Crippen LogP contribution in [0.25, 0.3) is 0 Å². The molecular weight excluding hydrogens is 362 g/mol. The normalized spacial score (nSPS) is 25.3. The van der Waals surface area contributed by atoms with Crippen molar-refractivity contribution in [1.82, 2.24) is 9.62 Å². The number of likely N-dealkylation sites (tertiary alicyclic amines) is 1. The molecule has 1 saturated heterocycles. The number of hydrogen-bond donors (Lipinski definition) is 2. The van der Waals surface area contributed by atoms with Crippen LogP contribution in [0.15, 0.2) is 41.8 Å². The van der Waals surface area contributed by atoms with Gasteiger partial charge >= 0.3 is 0 Å². The molecule has 1 aliphatic heterocycles. The quantitative estimate of drug-likeness (QED) is 0.749. The van der Waals surface area contributed by atoms with Crippen LogP contribution < -0.4 is 10.5 Å². The summed E-state index contributed by atoms with van der Waals surface area (Å²) in [5, 5.41) is 0. The van der Waals surface area contributed by atoms with Crippen LogP contribution >= 0.6 is 12.4 Å². The summed E-state index contributed by atoms with van der Waals surface area (Å²) in [5.74, 6) is 0.850. The zero-order valence-corrected chi connectivity index (χ0v) is 15.6. The molecule has 138 valence electrons. The van der Waals surface area contributed by atoms with E-state index in [2.05, 4.69) is 11.3 Å². The summed E-state index contributed by atoms with van der Waals surface area (Å²) in [4.78, 5) is 14.6. The van der Waals surface area contributed by atoms with Gasteiger partial charge < -0.3 is 10.6 Å². The number of carbonyl (C=O) groups is 1. The van der Waals surface area contributed by atoms with E-state index >= 15 is 0 Å². The lowest BCUT2D eigenvalue weighted by Gasteiger charge is -2.19. The van der Waals surface area contributed by atoms with Crippen molar-refractivity contribution in [1.29, 1.82) is 0 Å². The second-order valence-corrected chi connectivity index (χ2v) is 8.31. The fourth-order valence-corrected chi connectivity index (χ4v) is 4.68. The fraction of sp³-hybridized carbons (Fsp3) is 0.471. The van der Waals surface area contributed by atoms with Crippen molar-refractivity contribution in [3.63, 3.8) is 0 Å². The molecule has 1 aromatic rings. The van der Waals surface area contributed by atoms with Crippen LogP contribution in [0.5, 0.6) is 0 Å². The summed E-state index contributed by atoms with van der Waals surface area (Å²) in [6.45, 7) is 5.10. The van der Waals surface area contributed by atoms with E-state index in [9.17, 15) is 13.2 Å². The number of hydrogen-bond acceptors (Lipinski definition) is 4. The Morgan fingerprint density at radius 1 is 1.28 bits per heavy atom. The van der Waals surface area contributed by atoms with Crippen molar-refractivity contribution in [3.05, 3.63) is 42.5 Å². The third-order valence-electron chi connectivity index (χ3n) is 5.03. The molecular formula is C17H24ClN3O3S. The Labute approximate surface area is 154 Å². The van der Waals surface area contributed by atoms with E-state index in [0.717, 1.165) is 19.4 Å². The Kier molecular flexibility index (Phi) is 6.26. The highest BCUT2D eigenvalue weighted by atomic mass is 35.5. The molecule has 6 nitrogen and oxygen atoms in total. The minimum atomic E-state index is -3.57. The summed E-state index contributed by atoms with van der Waals surface area (Å²) in [6, 6.07) is 6.25. The maximum atomic E-state index is 12.6. The van der Waals surface area contributed by atoms with Gasteiger partial charge in [-0.25, -0.2) is 13.1 Å². The molecule has 0 spiro atoms. The molecule has 3 N–H and O–H groups in total. The number of nitrogens with one attached hydrogen (secondary N) is 1. The monoisotopic (exact) mass is 385 g/mol.